The minimum Gasteiger partial charge on any atom is -0.494 e. The maximum atomic E-state index is 14.2. The highest BCUT2D eigenvalue weighted by Gasteiger charge is 2.50. The van der Waals surface area contributed by atoms with Crippen molar-refractivity contribution in [2.45, 2.75) is 24.3 Å². The molecule has 2 aliphatic heterocycles. The molecule has 3 amide bonds. The van der Waals surface area contributed by atoms with Crippen LogP contribution in [0, 0.1) is 17.1 Å². The number of amides is 3. The van der Waals surface area contributed by atoms with Crippen molar-refractivity contribution >= 4 is 56.8 Å². The van der Waals surface area contributed by atoms with Gasteiger partial charge in [-0.15, -0.1) is 11.8 Å². The number of pyridine rings is 1. The van der Waals surface area contributed by atoms with Crippen molar-refractivity contribution in [2.24, 2.45) is 0 Å². The summed E-state index contributed by atoms with van der Waals surface area (Å²) in [5.74, 6) is -1.05. The molecule has 4 heterocycles. The summed E-state index contributed by atoms with van der Waals surface area (Å²) in [5.41, 5.74) is 1.18. The van der Waals surface area contributed by atoms with Crippen LogP contribution >= 0.6 is 23.4 Å². The molecule has 3 aromatic rings. The molecule has 1 saturated heterocycles. The van der Waals surface area contributed by atoms with Crippen LogP contribution in [0.5, 0.6) is 5.75 Å². The summed E-state index contributed by atoms with van der Waals surface area (Å²) in [6.45, 7) is 1.03. The van der Waals surface area contributed by atoms with Crippen molar-refractivity contribution in [3.05, 3.63) is 53.2 Å². The number of halogens is 2. The molecule has 196 valence electrons. The SMILES string of the molecule is COCCn1cc2cncc(N3C(=O)C4SC(c5cc(OC)c(F)cc5Cl)=CC4N(CCC#N)C3=O)c2n1. The van der Waals surface area contributed by atoms with E-state index in [9.17, 15) is 19.2 Å². The second-order valence-corrected chi connectivity index (χ2v) is 10.2. The quantitative estimate of drug-likeness (QED) is 0.408. The summed E-state index contributed by atoms with van der Waals surface area (Å²) in [6.07, 6.45) is 6.65. The van der Waals surface area contributed by atoms with Gasteiger partial charge in [0.25, 0.3) is 5.91 Å². The molecule has 1 fully saturated rings. The standard InChI is InChI=1S/C25H22ClFN6O4S/c1-36-7-6-31-13-14-11-29-12-19(22(14)30-31)33-24(34)23-18(32(25(33)35)5-3-4-28)10-21(38-23)15-8-20(37-2)17(27)9-16(15)26/h8-13,18,23H,3,5-7H2,1-2H3. The number of benzene rings is 1. The number of aromatic nitrogens is 3. The Morgan fingerprint density at radius 2 is 2.05 bits per heavy atom. The van der Waals surface area contributed by atoms with Gasteiger partial charge in [0.15, 0.2) is 11.6 Å². The van der Waals surface area contributed by atoms with E-state index in [-0.39, 0.29) is 29.4 Å². The zero-order valence-electron chi connectivity index (χ0n) is 20.4. The van der Waals surface area contributed by atoms with Crippen molar-refractivity contribution in [3.8, 4) is 11.8 Å². The molecule has 1 aromatic carbocycles. The second kappa shape index (κ2) is 10.6. The molecule has 10 nitrogen and oxygen atoms in total. The van der Waals surface area contributed by atoms with E-state index in [1.165, 1.54) is 36.0 Å². The minimum atomic E-state index is -0.723. The lowest BCUT2D eigenvalue weighted by Gasteiger charge is -2.40. The fourth-order valence-electron chi connectivity index (χ4n) is 4.52. The lowest BCUT2D eigenvalue weighted by Crippen LogP contribution is -2.62. The van der Waals surface area contributed by atoms with E-state index in [0.717, 1.165) is 11.0 Å². The summed E-state index contributed by atoms with van der Waals surface area (Å²) in [5, 5.41) is 13.9. The van der Waals surface area contributed by atoms with Gasteiger partial charge >= 0.3 is 6.03 Å². The molecule has 2 aliphatic rings. The summed E-state index contributed by atoms with van der Waals surface area (Å²) >= 11 is 7.58. The van der Waals surface area contributed by atoms with E-state index in [2.05, 4.69) is 16.2 Å². The zero-order chi connectivity index (χ0) is 27.0. The second-order valence-electron chi connectivity index (χ2n) is 8.57. The molecule has 0 bridgehead atoms. The monoisotopic (exact) mass is 556 g/mol. The Bertz CT molecular complexity index is 1500. The highest BCUT2D eigenvalue weighted by molar-refractivity contribution is 8.09. The smallest absolute Gasteiger partial charge is 0.332 e. The van der Waals surface area contributed by atoms with Crippen LogP contribution in [-0.4, -0.2) is 70.3 Å². The summed E-state index contributed by atoms with van der Waals surface area (Å²) in [7, 11) is 2.94. The molecule has 0 saturated carbocycles. The molecule has 0 spiro atoms. The molecule has 0 aliphatic carbocycles. The van der Waals surface area contributed by atoms with Gasteiger partial charge in [0.1, 0.15) is 16.5 Å². The lowest BCUT2D eigenvalue weighted by molar-refractivity contribution is -0.119. The van der Waals surface area contributed by atoms with Crippen LogP contribution in [-0.2, 0) is 16.1 Å². The van der Waals surface area contributed by atoms with Crippen molar-refractivity contribution in [1.82, 2.24) is 19.7 Å². The first-order chi connectivity index (χ1) is 18.4. The van der Waals surface area contributed by atoms with Gasteiger partial charge < -0.3 is 14.4 Å². The molecule has 0 N–H and O–H groups in total. The fraction of sp³-hybridized carbons (Fsp3) is 0.320. The van der Waals surface area contributed by atoms with E-state index in [1.54, 1.807) is 30.3 Å². The van der Waals surface area contributed by atoms with Gasteiger partial charge in [0.2, 0.25) is 0 Å². The van der Waals surface area contributed by atoms with Crippen LogP contribution in [0.3, 0.4) is 0 Å². The molecule has 0 radical (unpaired) electrons. The maximum absolute atomic E-state index is 14.2. The number of thioether (sulfide) groups is 1. The number of nitrogens with zero attached hydrogens (tertiary/aromatic N) is 6. The van der Waals surface area contributed by atoms with E-state index in [4.69, 9.17) is 21.1 Å². The van der Waals surface area contributed by atoms with Gasteiger partial charge in [-0.25, -0.2) is 14.1 Å². The largest absolute Gasteiger partial charge is 0.494 e. The maximum Gasteiger partial charge on any atom is 0.332 e. The lowest BCUT2D eigenvalue weighted by atomic mass is 10.0. The van der Waals surface area contributed by atoms with Crippen molar-refractivity contribution in [2.75, 3.05) is 32.3 Å². The van der Waals surface area contributed by atoms with Gasteiger partial charge in [-0.2, -0.15) is 10.4 Å². The van der Waals surface area contributed by atoms with Crippen LogP contribution in [0.2, 0.25) is 5.02 Å². The number of carbonyl (C=O) groups is 2. The van der Waals surface area contributed by atoms with Crippen LogP contribution in [0.15, 0.2) is 36.8 Å². The summed E-state index contributed by atoms with van der Waals surface area (Å²) in [6, 6.07) is 3.48. The summed E-state index contributed by atoms with van der Waals surface area (Å²) < 4.78 is 26.1. The van der Waals surface area contributed by atoms with E-state index in [0.29, 0.717) is 34.5 Å². The number of urea groups is 1. The molecule has 5 rings (SSSR count). The Balaban J connectivity index is 1.55. The van der Waals surface area contributed by atoms with Gasteiger partial charge in [-0.1, -0.05) is 11.6 Å². The number of ether oxygens (including phenoxy) is 2. The number of carbonyl (C=O) groups excluding carboxylic acids is 2. The fourth-order valence-corrected chi connectivity index (χ4v) is 6.19. The average molecular weight is 557 g/mol. The predicted molar refractivity (Wildman–Crippen MR) is 140 cm³/mol. The normalized spacial score (nSPS) is 19.1. The number of nitriles is 1. The van der Waals surface area contributed by atoms with Gasteiger partial charge in [-0.3, -0.25) is 14.5 Å². The number of rotatable bonds is 8. The number of hydrogen-bond donors (Lipinski definition) is 0. The highest BCUT2D eigenvalue weighted by atomic mass is 35.5. The Kier molecular flexibility index (Phi) is 7.25. The Labute approximate surface area is 226 Å². The number of imide groups is 1. The van der Waals surface area contributed by atoms with Crippen LogP contribution in [0.25, 0.3) is 15.8 Å². The first-order valence-corrected chi connectivity index (χ1v) is 12.9. The van der Waals surface area contributed by atoms with Crippen molar-refractivity contribution in [1.29, 1.82) is 5.26 Å². The van der Waals surface area contributed by atoms with Crippen molar-refractivity contribution in [3.63, 3.8) is 0 Å². The minimum absolute atomic E-state index is 0.00736. The third-order valence-electron chi connectivity index (χ3n) is 6.33. The molecule has 2 atom stereocenters. The first-order valence-electron chi connectivity index (χ1n) is 11.6. The topological polar surface area (TPSA) is 114 Å². The van der Waals surface area contributed by atoms with E-state index >= 15 is 0 Å². The number of methoxy groups -OCH3 is 2. The highest BCUT2D eigenvalue weighted by Crippen LogP contribution is 2.48. The number of anilines is 1. The Morgan fingerprint density at radius 1 is 1.24 bits per heavy atom. The molecule has 38 heavy (non-hydrogen) atoms. The molecule has 2 unspecified atom stereocenters. The Hall–Kier alpha value is -3.66. The van der Waals surface area contributed by atoms with Crippen LogP contribution in [0.4, 0.5) is 14.9 Å². The van der Waals surface area contributed by atoms with Gasteiger partial charge in [-0.05, 0) is 18.2 Å². The molecule has 13 heteroatoms. The van der Waals surface area contributed by atoms with Crippen LogP contribution < -0.4 is 9.64 Å². The average Bonchev–Trinajstić information content (AvgIpc) is 3.53. The van der Waals surface area contributed by atoms with Crippen molar-refractivity contribution < 1.29 is 23.5 Å². The van der Waals surface area contributed by atoms with Gasteiger partial charge in [0, 0.05) is 41.9 Å². The third kappa shape index (κ3) is 4.47. The van der Waals surface area contributed by atoms with E-state index < -0.39 is 29.0 Å². The summed E-state index contributed by atoms with van der Waals surface area (Å²) in [4.78, 5) is 35.0. The molecular formula is C25H22ClFN6O4S. The third-order valence-corrected chi connectivity index (χ3v) is 7.98. The predicted octanol–water partition coefficient (Wildman–Crippen LogP) is 4.09. The number of hydrogen-bond acceptors (Lipinski definition) is 8. The number of fused-ring (bicyclic) bond motifs is 2. The zero-order valence-corrected chi connectivity index (χ0v) is 22.0. The van der Waals surface area contributed by atoms with Crippen LogP contribution in [0.1, 0.15) is 12.0 Å². The van der Waals surface area contributed by atoms with E-state index in [1.807, 2.05) is 0 Å². The Morgan fingerprint density at radius 3 is 2.79 bits per heavy atom. The first kappa shape index (κ1) is 26.0. The molecule has 2 aromatic heterocycles. The molecular weight excluding hydrogens is 535 g/mol. The van der Waals surface area contributed by atoms with Gasteiger partial charge in [0.05, 0.1) is 50.0 Å².